The van der Waals surface area contributed by atoms with E-state index in [-0.39, 0.29) is 0 Å². The molecule has 0 spiro atoms. The van der Waals surface area contributed by atoms with Crippen molar-refractivity contribution in [1.82, 2.24) is 9.97 Å². The standard InChI is InChI=1S/C13H12F3N3/c1-9-4-5-17-6-10(9)7-18-12-3-2-11(8-19-12)13(14,15)16/h2-6,8H,7H2,1H3,(H,18,19). The van der Waals surface area contributed by atoms with Crippen molar-refractivity contribution in [1.29, 1.82) is 0 Å². The van der Waals surface area contributed by atoms with Crippen LogP contribution in [0.2, 0.25) is 0 Å². The van der Waals surface area contributed by atoms with Crippen molar-refractivity contribution in [2.24, 2.45) is 0 Å². The van der Waals surface area contributed by atoms with Gasteiger partial charge in [0.15, 0.2) is 0 Å². The van der Waals surface area contributed by atoms with Crippen molar-refractivity contribution >= 4 is 5.82 Å². The molecule has 0 atom stereocenters. The molecule has 0 saturated heterocycles. The second kappa shape index (κ2) is 5.26. The Morgan fingerprint density at radius 1 is 1.16 bits per heavy atom. The Morgan fingerprint density at radius 2 is 1.95 bits per heavy atom. The van der Waals surface area contributed by atoms with E-state index >= 15 is 0 Å². The smallest absolute Gasteiger partial charge is 0.366 e. The van der Waals surface area contributed by atoms with Gasteiger partial charge in [-0.1, -0.05) is 0 Å². The Morgan fingerprint density at radius 3 is 2.53 bits per heavy atom. The predicted octanol–water partition coefficient (Wildman–Crippen LogP) is 3.42. The van der Waals surface area contributed by atoms with E-state index in [9.17, 15) is 13.2 Å². The second-order valence-corrected chi connectivity index (χ2v) is 4.09. The van der Waals surface area contributed by atoms with Crippen LogP contribution in [0.25, 0.3) is 0 Å². The molecule has 0 amide bonds. The monoisotopic (exact) mass is 267 g/mol. The van der Waals surface area contributed by atoms with Crippen molar-refractivity contribution in [2.45, 2.75) is 19.6 Å². The maximum atomic E-state index is 12.4. The molecule has 2 aromatic rings. The maximum Gasteiger partial charge on any atom is 0.417 e. The SMILES string of the molecule is Cc1ccncc1CNc1ccc(C(F)(F)F)cn1. The third-order valence-corrected chi connectivity index (χ3v) is 2.70. The van der Waals surface area contributed by atoms with E-state index in [0.717, 1.165) is 23.4 Å². The van der Waals surface area contributed by atoms with Crippen LogP contribution in [0.5, 0.6) is 0 Å². The van der Waals surface area contributed by atoms with Gasteiger partial charge in [-0.15, -0.1) is 0 Å². The highest BCUT2D eigenvalue weighted by Crippen LogP contribution is 2.28. The molecule has 19 heavy (non-hydrogen) atoms. The minimum absolute atomic E-state index is 0.399. The largest absolute Gasteiger partial charge is 0.417 e. The highest BCUT2D eigenvalue weighted by atomic mass is 19.4. The van der Waals surface area contributed by atoms with Crippen molar-refractivity contribution in [3.8, 4) is 0 Å². The molecule has 3 nitrogen and oxygen atoms in total. The summed E-state index contributed by atoms with van der Waals surface area (Å²) in [7, 11) is 0. The molecule has 0 fully saturated rings. The molecule has 0 radical (unpaired) electrons. The number of rotatable bonds is 3. The van der Waals surface area contributed by atoms with Crippen molar-refractivity contribution in [3.63, 3.8) is 0 Å². The van der Waals surface area contributed by atoms with E-state index in [0.29, 0.717) is 12.4 Å². The second-order valence-electron chi connectivity index (χ2n) is 4.09. The molecule has 0 bridgehead atoms. The van der Waals surface area contributed by atoms with Crippen LogP contribution in [-0.2, 0) is 12.7 Å². The van der Waals surface area contributed by atoms with Gasteiger partial charge in [-0.3, -0.25) is 4.98 Å². The molecule has 1 N–H and O–H groups in total. The average Bonchev–Trinajstić information content (AvgIpc) is 2.37. The summed E-state index contributed by atoms with van der Waals surface area (Å²) < 4.78 is 37.1. The first-order valence-corrected chi connectivity index (χ1v) is 5.63. The molecule has 2 aromatic heterocycles. The summed E-state index contributed by atoms with van der Waals surface area (Å²) in [5, 5.41) is 2.96. The van der Waals surface area contributed by atoms with Gasteiger partial charge >= 0.3 is 6.18 Å². The zero-order valence-electron chi connectivity index (χ0n) is 10.2. The highest BCUT2D eigenvalue weighted by Gasteiger charge is 2.30. The maximum absolute atomic E-state index is 12.4. The quantitative estimate of drug-likeness (QED) is 0.926. The number of nitrogens with one attached hydrogen (secondary N) is 1. The molecule has 0 unspecified atom stereocenters. The summed E-state index contributed by atoms with van der Waals surface area (Å²) >= 11 is 0. The molecule has 0 aliphatic carbocycles. The number of nitrogens with zero attached hydrogens (tertiary/aromatic N) is 2. The number of alkyl halides is 3. The van der Waals surface area contributed by atoms with E-state index < -0.39 is 11.7 Å². The fourth-order valence-corrected chi connectivity index (χ4v) is 1.53. The summed E-state index contributed by atoms with van der Waals surface area (Å²) in [5.41, 5.74) is 1.29. The fraction of sp³-hybridized carbons (Fsp3) is 0.231. The minimum atomic E-state index is -4.36. The van der Waals surface area contributed by atoms with Crippen LogP contribution >= 0.6 is 0 Å². The Hall–Kier alpha value is -2.11. The molecule has 0 aliphatic rings. The summed E-state index contributed by atoms with van der Waals surface area (Å²) in [6, 6.07) is 4.19. The summed E-state index contributed by atoms with van der Waals surface area (Å²) in [6.07, 6.45) is -0.133. The number of pyridine rings is 2. The van der Waals surface area contributed by atoms with E-state index in [1.807, 2.05) is 13.0 Å². The number of hydrogen-bond acceptors (Lipinski definition) is 3. The molecule has 2 heterocycles. The van der Waals surface area contributed by atoms with Crippen molar-refractivity contribution in [3.05, 3.63) is 53.5 Å². The zero-order valence-corrected chi connectivity index (χ0v) is 10.2. The van der Waals surface area contributed by atoms with Crippen LogP contribution in [0, 0.1) is 6.92 Å². The number of aromatic nitrogens is 2. The van der Waals surface area contributed by atoms with Gasteiger partial charge in [0.1, 0.15) is 5.82 Å². The van der Waals surface area contributed by atoms with Gasteiger partial charge in [-0.2, -0.15) is 13.2 Å². The summed E-state index contributed by atoms with van der Waals surface area (Å²) in [5.74, 6) is 0.399. The lowest BCUT2D eigenvalue weighted by Crippen LogP contribution is -2.07. The van der Waals surface area contributed by atoms with Gasteiger partial charge in [-0.05, 0) is 36.2 Å². The number of anilines is 1. The molecule has 0 aromatic carbocycles. The van der Waals surface area contributed by atoms with Crippen LogP contribution in [-0.4, -0.2) is 9.97 Å². The first-order valence-electron chi connectivity index (χ1n) is 5.63. The summed E-state index contributed by atoms with van der Waals surface area (Å²) in [4.78, 5) is 7.73. The van der Waals surface area contributed by atoms with Crippen LogP contribution in [0.1, 0.15) is 16.7 Å². The van der Waals surface area contributed by atoms with Gasteiger partial charge in [0, 0.05) is 25.1 Å². The van der Waals surface area contributed by atoms with E-state index in [1.54, 1.807) is 12.4 Å². The Balaban J connectivity index is 2.03. The number of aryl methyl sites for hydroxylation is 1. The predicted molar refractivity (Wildman–Crippen MR) is 65.5 cm³/mol. The lowest BCUT2D eigenvalue weighted by atomic mass is 10.1. The van der Waals surface area contributed by atoms with Crippen LogP contribution in [0.4, 0.5) is 19.0 Å². The molecular weight excluding hydrogens is 255 g/mol. The van der Waals surface area contributed by atoms with Crippen molar-refractivity contribution in [2.75, 3.05) is 5.32 Å². The Kier molecular flexibility index (Phi) is 3.69. The highest BCUT2D eigenvalue weighted by molar-refractivity contribution is 5.38. The summed E-state index contributed by atoms with van der Waals surface area (Å²) in [6.45, 7) is 2.41. The van der Waals surface area contributed by atoms with E-state index in [4.69, 9.17) is 0 Å². The average molecular weight is 267 g/mol. The topological polar surface area (TPSA) is 37.8 Å². The number of halogens is 3. The van der Waals surface area contributed by atoms with Crippen LogP contribution in [0.15, 0.2) is 36.8 Å². The zero-order chi connectivity index (χ0) is 13.9. The normalized spacial score (nSPS) is 11.4. The third kappa shape index (κ3) is 3.43. The lowest BCUT2D eigenvalue weighted by molar-refractivity contribution is -0.137. The van der Waals surface area contributed by atoms with Gasteiger partial charge in [0.05, 0.1) is 5.56 Å². The number of hydrogen-bond donors (Lipinski definition) is 1. The van der Waals surface area contributed by atoms with E-state index in [1.165, 1.54) is 6.07 Å². The Labute approximate surface area is 108 Å². The fourth-order valence-electron chi connectivity index (χ4n) is 1.53. The minimum Gasteiger partial charge on any atom is -0.366 e. The third-order valence-electron chi connectivity index (χ3n) is 2.70. The van der Waals surface area contributed by atoms with Crippen molar-refractivity contribution < 1.29 is 13.2 Å². The molecule has 2 rings (SSSR count). The molecule has 6 heteroatoms. The lowest BCUT2D eigenvalue weighted by Gasteiger charge is -2.09. The van der Waals surface area contributed by atoms with Gasteiger partial charge in [0.2, 0.25) is 0 Å². The Bertz CT molecular complexity index is 550. The van der Waals surface area contributed by atoms with Gasteiger partial charge < -0.3 is 5.32 Å². The van der Waals surface area contributed by atoms with Gasteiger partial charge in [-0.25, -0.2) is 4.98 Å². The first-order chi connectivity index (χ1) is 8.97. The molecular formula is C13H12F3N3. The van der Waals surface area contributed by atoms with Gasteiger partial charge in [0.25, 0.3) is 0 Å². The van der Waals surface area contributed by atoms with Crippen LogP contribution in [0.3, 0.4) is 0 Å². The van der Waals surface area contributed by atoms with Crippen LogP contribution < -0.4 is 5.32 Å². The molecule has 0 aliphatic heterocycles. The molecule has 0 saturated carbocycles. The molecule has 100 valence electrons. The van der Waals surface area contributed by atoms with E-state index in [2.05, 4.69) is 15.3 Å². The first kappa shape index (κ1) is 13.3.